The van der Waals surface area contributed by atoms with Gasteiger partial charge in [0.2, 0.25) is 5.91 Å². The molecule has 17 heavy (non-hydrogen) atoms. The van der Waals surface area contributed by atoms with Crippen LogP contribution in [0.1, 0.15) is 39.3 Å². The molecule has 0 fully saturated rings. The monoisotopic (exact) mass is 252 g/mol. The predicted octanol–water partition coefficient (Wildman–Crippen LogP) is 2.79. The van der Waals surface area contributed by atoms with E-state index in [0.29, 0.717) is 5.75 Å². The van der Waals surface area contributed by atoms with Gasteiger partial charge >= 0.3 is 0 Å². The van der Waals surface area contributed by atoms with Gasteiger partial charge in [0.1, 0.15) is 0 Å². The second kappa shape index (κ2) is 6.05. The highest BCUT2D eigenvalue weighted by atomic mass is 32.2. The molecule has 1 unspecified atom stereocenters. The number of hydrogen-bond acceptors (Lipinski definition) is 3. The van der Waals surface area contributed by atoms with Crippen molar-refractivity contribution in [3.8, 4) is 0 Å². The van der Waals surface area contributed by atoms with Gasteiger partial charge in [-0.3, -0.25) is 9.78 Å². The van der Waals surface area contributed by atoms with Crippen molar-refractivity contribution in [3.63, 3.8) is 0 Å². The van der Waals surface area contributed by atoms with Gasteiger partial charge in [-0.15, -0.1) is 11.8 Å². The summed E-state index contributed by atoms with van der Waals surface area (Å²) in [6.45, 7) is 8.31. The Labute approximate surface area is 107 Å². The van der Waals surface area contributed by atoms with E-state index in [-0.39, 0.29) is 16.7 Å². The quantitative estimate of drug-likeness (QED) is 0.896. The molecule has 0 spiro atoms. The Morgan fingerprint density at radius 3 is 2.53 bits per heavy atom. The molecule has 0 saturated heterocycles. The molecule has 1 atom stereocenters. The SMILES string of the molecule is CC(NC(=O)CSC(C)(C)C)c1ccncc1. The van der Waals surface area contributed by atoms with Crippen LogP contribution in [0.15, 0.2) is 24.5 Å². The van der Waals surface area contributed by atoms with E-state index in [4.69, 9.17) is 0 Å². The van der Waals surface area contributed by atoms with E-state index >= 15 is 0 Å². The molecule has 0 radical (unpaired) electrons. The van der Waals surface area contributed by atoms with Crippen LogP contribution in [-0.4, -0.2) is 21.4 Å². The molecule has 1 aromatic rings. The minimum absolute atomic E-state index is 0.0334. The van der Waals surface area contributed by atoms with Crippen LogP contribution < -0.4 is 5.32 Å². The minimum atomic E-state index is 0.0334. The predicted molar refractivity (Wildman–Crippen MR) is 73.0 cm³/mol. The zero-order valence-corrected chi connectivity index (χ0v) is 11.7. The number of aromatic nitrogens is 1. The highest BCUT2D eigenvalue weighted by molar-refractivity contribution is 8.01. The van der Waals surface area contributed by atoms with Gasteiger partial charge in [0.15, 0.2) is 0 Å². The van der Waals surface area contributed by atoms with Crippen molar-refractivity contribution in [2.75, 3.05) is 5.75 Å². The summed E-state index contributed by atoms with van der Waals surface area (Å²) in [4.78, 5) is 15.7. The molecule has 1 heterocycles. The van der Waals surface area contributed by atoms with Gasteiger partial charge in [0, 0.05) is 17.1 Å². The standard InChI is InChI=1S/C13H20N2OS/c1-10(11-5-7-14-8-6-11)15-12(16)9-17-13(2,3)4/h5-8,10H,9H2,1-4H3,(H,15,16). The highest BCUT2D eigenvalue weighted by Crippen LogP contribution is 2.22. The van der Waals surface area contributed by atoms with Crippen molar-refractivity contribution < 1.29 is 4.79 Å². The summed E-state index contributed by atoms with van der Waals surface area (Å²) >= 11 is 1.65. The third kappa shape index (κ3) is 5.73. The first kappa shape index (κ1) is 14.0. The summed E-state index contributed by atoms with van der Waals surface area (Å²) in [5.41, 5.74) is 1.08. The van der Waals surface area contributed by atoms with E-state index in [9.17, 15) is 4.79 Å². The van der Waals surface area contributed by atoms with Crippen molar-refractivity contribution >= 4 is 17.7 Å². The third-order valence-electron chi connectivity index (χ3n) is 2.22. The van der Waals surface area contributed by atoms with Gasteiger partial charge in [-0.2, -0.15) is 0 Å². The molecule has 1 rings (SSSR count). The fourth-order valence-corrected chi connectivity index (χ4v) is 1.95. The Balaban J connectivity index is 2.42. The number of hydrogen-bond donors (Lipinski definition) is 1. The largest absolute Gasteiger partial charge is 0.349 e. The normalized spacial score (nSPS) is 13.2. The summed E-state index contributed by atoms with van der Waals surface area (Å²) in [7, 11) is 0. The van der Waals surface area contributed by atoms with E-state index in [1.165, 1.54) is 0 Å². The van der Waals surface area contributed by atoms with Crippen LogP contribution in [0.25, 0.3) is 0 Å². The molecule has 0 saturated carbocycles. The van der Waals surface area contributed by atoms with E-state index in [0.717, 1.165) is 5.56 Å². The van der Waals surface area contributed by atoms with Crippen molar-refractivity contribution in [1.82, 2.24) is 10.3 Å². The second-order valence-corrected chi connectivity index (χ2v) is 6.77. The molecule has 1 N–H and O–H groups in total. The van der Waals surface area contributed by atoms with Crippen molar-refractivity contribution in [3.05, 3.63) is 30.1 Å². The Bertz CT molecular complexity index is 359. The van der Waals surface area contributed by atoms with Crippen molar-refractivity contribution in [2.45, 2.75) is 38.5 Å². The number of rotatable bonds is 4. The van der Waals surface area contributed by atoms with Crippen LogP contribution in [-0.2, 0) is 4.79 Å². The molecule has 1 amide bonds. The summed E-state index contributed by atoms with van der Waals surface area (Å²) in [5.74, 6) is 0.577. The molecule has 0 aliphatic rings. The zero-order valence-electron chi connectivity index (χ0n) is 10.9. The van der Waals surface area contributed by atoms with E-state index in [2.05, 4.69) is 31.1 Å². The number of amides is 1. The van der Waals surface area contributed by atoms with Crippen LogP contribution >= 0.6 is 11.8 Å². The van der Waals surface area contributed by atoms with Crippen LogP contribution in [0.3, 0.4) is 0 Å². The lowest BCUT2D eigenvalue weighted by molar-refractivity contribution is -0.119. The summed E-state index contributed by atoms with van der Waals surface area (Å²) in [5, 5.41) is 2.98. The zero-order chi connectivity index (χ0) is 12.9. The first-order valence-corrected chi connectivity index (χ1v) is 6.70. The van der Waals surface area contributed by atoms with Gasteiger partial charge in [0.25, 0.3) is 0 Å². The Morgan fingerprint density at radius 2 is 2.00 bits per heavy atom. The van der Waals surface area contributed by atoms with Crippen molar-refractivity contribution in [1.29, 1.82) is 0 Å². The Hall–Kier alpha value is -1.03. The number of pyridine rings is 1. The summed E-state index contributed by atoms with van der Waals surface area (Å²) < 4.78 is 0.122. The van der Waals surface area contributed by atoms with Crippen LogP contribution in [0, 0.1) is 0 Å². The lowest BCUT2D eigenvalue weighted by atomic mass is 10.1. The lowest BCUT2D eigenvalue weighted by Crippen LogP contribution is -2.29. The topological polar surface area (TPSA) is 42.0 Å². The first-order valence-electron chi connectivity index (χ1n) is 5.72. The molecule has 3 nitrogen and oxygen atoms in total. The van der Waals surface area contributed by atoms with E-state index < -0.39 is 0 Å². The van der Waals surface area contributed by atoms with Gasteiger partial charge in [-0.1, -0.05) is 20.8 Å². The molecule has 0 bridgehead atoms. The first-order chi connectivity index (χ1) is 7.88. The van der Waals surface area contributed by atoms with E-state index in [1.54, 1.807) is 24.2 Å². The average Bonchev–Trinajstić information content (AvgIpc) is 2.27. The van der Waals surface area contributed by atoms with Gasteiger partial charge in [-0.05, 0) is 24.6 Å². The molecule has 94 valence electrons. The Kier molecular flexibility index (Phi) is 5.00. The van der Waals surface area contributed by atoms with Crippen LogP contribution in [0.5, 0.6) is 0 Å². The third-order valence-corrected chi connectivity index (χ3v) is 3.49. The average molecular weight is 252 g/mol. The van der Waals surface area contributed by atoms with Gasteiger partial charge < -0.3 is 5.32 Å². The molecule has 1 aromatic heterocycles. The molecular formula is C13H20N2OS. The van der Waals surface area contributed by atoms with Crippen LogP contribution in [0.4, 0.5) is 0 Å². The lowest BCUT2D eigenvalue weighted by Gasteiger charge is -2.19. The number of nitrogens with zero attached hydrogens (tertiary/aromatic N) is 1. The second-order valence-electron chi connectivity index (χ2n) is 4.97. The van der Waals surface area contributed by atoms with Crippen molar-refractivity contribution in [2.24, 2.45) is 0 Å². The molecular weight excluding hydrogens is 232 g/mol. The summed E-state index contributed by atoms with van der Waals surface area (Å²) in [6.07, 6.45) is 3.48. The molecule has 0 aliphatic heterocycles. The minimum Gasteiger partial charge on any atom is -0.349 e. The number of thioether (sulfide) groups is 1. The number of nitrogens with one attached hydrogen (secondary N) is 1. The molecule has 0 aromatic carbocycles. The maximum atomic E-state index is 11.7. The van der Waals surface area contributed by atoms with Crippen LogP contribution in [0.2, 0.25) is 0 Å². The van der Waals surface area contributed by atoms with E-state index in [1.807, 2.05) is 19.1 Å². The number of carbonyl (C=O) groups excluding carboxylic acids is 1. The maximum absolute atomic E-state index is 11.7. The molecule has 4 heteroatoms. The highest BCUT2D eigenvalue weighted by Gasteiger charge is 2.15. The number of carbonyl (C=O) groups is 1. The van der Waals surface area contributed by atoms with Gasteiger partial charge in [0.05, 0.1) is 11.8 Å². The van der Waals surface area contributed by atoms with Gasteiger partial charge in [-0.25, -0.2) is 0 Å². The Morgan fingerprint density at radius 1 is 1.41 bits per heavy atom. The smallest absolute Gasteiger partial charge is 0.230 e. The molecule has 0 aliphatic carbocycles. The maximum Gasteiger partial charge on any atom is 0.230 e. The fourth-order valence-electron chi connectivity index (χ4n) is 1.30. The summed E-state index contributed by atoms with van der Waals surface area (Å²) in [6, 6.07) is 3.87. The fraction of sp³-hybridized carbons (Fsp3) is 0.538.